The molecule has 142 valence electrons. The van der Waals surface area contributed by atoms with Crippen molar-refractivity contribution in [3.63, 3.8) is 0 Å². The van der Waals surface area contributed by atoms with E-state index in [0.29, 0.717) is 0 Å². The van der Waals surface area contributed by atoms with E-state index >= 15 is 0 Å². The van der Waals surface area contributed by atoms with Gasteiger partial charge in [-0.2, -0.15) is 13.2 Å². The molecule has 0 spiro atoms. The third-order valence-corrected chi connectivity index (χ3v) is 3.82. The standard InChI is InChI=1S/C18H21F3N2O3/c1-9(2)14-13(16(24)26-10(3)4)15(23-17(25)22-14)11-7-5-6-8-12(11)18(19,20)21/h5-10,15H,1-4H3,(H2,22,23,25). The number of carbonyl (C=O) groups is 2. The van der Waals surface area contributed by atoms with Crippen LogP contribution in [-0.4, -0.2) is 18.1 Å². The molecule has 8 heteroatoms. The molecule has 26 heavy (non-hydrogen) atoms. The third kappa shape index (κ3) is 4.17. The van der Waals surface area contributed by atoms with E-state index in [1.165, 1.54) is 18.2 Å². The van der Waals surface area contributed by atoms with Crippen molar-refractivity contribution >= 4 is 12.0 Å². The summed E-state index contributed by atoms with van der Waals surface area (Å²) in [5, 5.41) is 4.95. The molecule has 0 aromatic heterocycles. The Morgan fingerprint density at radius 1 is 1.15 bits per heavy atom. The molecule has 1 atom stereocenters. The van der Waals surface area contributed by atoms with Gasteiger partial charge in [0.2, 0.25) is 0 Å². The number of halogens is 3. The molecule has 2 amide bonds. The maximum atomic E-state index is 13.4. The first-order chi connectivity index (χ1) is 12.0. The zero-order chi connectivity index (χ0) is 19.6. The normalized spacial score (nSPS) is 18.0. The number of amides is 2. The fourth-order valence-electron chi connectivity index (χ4n) is 2.79. The highest BCUT2D eigenvalue weighted by molar-refractivity contribution is 5.95. The van der Waals surface area contributed by atoms with Gasteiger partial charge in [-0.1, -0.05) is 32.0 Å². The first-order valence-corrected chi connectivity index (χ1v) is 8.21. The van der Waals surface area contributed by atoms with Crippen molar-refractivity contribution in [1.29, 1.82) is 0 Å². The van der Waals surface area contributed by atoms with Gasteiger partial charge in [0.25, 0.3) is 0 Å². The summed E-state index contributed by atoms with van der Waals surface area (Å²) < 4.78 is 45.5. The maximum absolute atomic E-state index is 13.4. The molecule has 1 aromatic carbocycles. The highest BCUT2D eigenvalue weighted by atomic mass is 19.4. The quantitative estimate of drug-likeness (QED) is 0.790. The van der Waals surface area contributed by atoms with Crippen LogP contribution in [0.1, 0.15) is 44.9 Å². The molecule has 0 fully saturated rings. The summed E-state index contributed by atoms with van der Waals surface area (Å²) in [6.07, 6.45) is -5.09. The minimum absolute atomic E-state index is 0.0231. The minimum Gasteiger partial charge on any atom is -0.459 e. The molecule has 1 unspecified atom stereocenters. The lowest BCUT2D eigenvalue weighted by Crippen LogP contribution is -2.47. The van der Waals surface area contributed by atoms with Crippen molar-refractivity contribution < 1.29 is 27.5 Å². The zero-order valence-corrected chi connectivity index (χ0v) is 14.9. The molecule has 5 nitrogen and oxygen atoms in total. The van der Waals surface area contributed by atoms with Gasteiger partial charge in [-0.25, -0.2) is 9.59 Å². The molecule has 1 aliphatic heterocycles. The van der Waals surface area contributed by atoms with Crippen molar-refractivity contribution in [3.8, 4) is 0 Å². The average molecular weight is 370 g/mol. The van der Waals surface area contributed by atoms with Crippen LogP contribution in [0.25, 0.3) is 0 Å². The Balaban J connectivity index is 2.67. The van der Waals surface area contributed by atoms with Gasteiger partial charge in [0.1, 0.15) is 0 Å². The molecule has 1 heterocycles. The van der Waals surface area contributed by atoms with E-state index in [0.717, 1.165) is 6.07 Å². The number of ether oxygens (including phenoxy) is 1. The predicted octanol–water partition coefficient (Wildman–Crippen LogP) is 3.92. The Kier molecular flexibility index (Phi) is 5.63. The second kappa shape index (κ2) is 7.39. The maximum Gasteiger partial charge on any atom is 0.416 e. The molecule has 0 radical (unpaired) electrons. The van der Waals surface area contributed by atoms with Crippen LogP contribution in [0, 0.1) is 5.92 Å². The first-order valence-electron chi connectivity index (χ1n) is 8.21. The fourth-order valence-corrected chi connectivity index (χ4v) is 2.79. The van der Waals surface area contributed by atoms with Crippen LogP contribution >= 0.6 is 0 Å². The molecule has 2 N–H and O–H groups in total. The number of hydrogen-bond donors (Lipinski definition) is 2. The first kappa shape index (κ1) is 19.8. The molecule has 2 rings (SSSR count). The van der Waals surface area contributed by atoms with Crippen LogP contribution in [0.2, 0.25) is 0 Å². The second-order valence-electron chi connectivity index (χ2n) is 6.55. The third-order valence-electron chi connectivity index (χ3n) is 3.82. The lowest BCUT2D eigenvalue weighted by molar-refractivity contribution is -0.144. The number of allylic oxidation sites excluding steroid dienone is 1. The number of urea groups is 1. The number of alkyl halides is 3. The van der Waals surface area contributed by atoms with Crippen molar-refractivity contribution in [3.05, 3.63) is 46.7 Å². The van der Waals surface area contributed by atoms with Crippen LogP contribution in [0.5, 0.6) is 0 Å². The number of hydrogen-bond acceptors (Lipinski definition) is 3. The lowest BCUT2D eigenvalue weighted by atomic mass is 9.89. The van der Waals surface area contributed by atoms with E-state index in [4.69, 9.17) is 4.74 Å². The average Bonchev–Trinajstić information content (AvgIpc) is 2.52. The summed E-state index contributed by atoms with van der Waals surface area (Å²) in [4.78, 5) is 24.6. The molecule has 0 aliphatic carbocycles. The van der Waals surface area contributed by atoms with E-state index in [1.807, 2.05) is 0 Å². The smallest absolute Gasteiger partial charge is 0.416 e. The van der Waals surface area contributed by atoms with Gasteiger partial charge < -0.3 is 15.4 Å². The van der Waals surface area contributed by atoms with E-state index in [9.17, 15) is 22.8 Å². The molecule has 0 bridgehead atoms. The van der Waals surface area contributed by atoms with Gasteiger partial charge in [-0.15, -0.1) is 0 Å². The van der Waals surface area contributed by atoms with Crippen molar-refractivity contribution in [2.75, 3.05) is 0 Å². The summed E-state index contributed by atoms with van der Waals surface area (Å²) in [6, 6.07) is 2.93. The molecular weight excluding hydrogens is 349 g/mol. The lowest BCUT2D eigenvalue weighted by Gasteiger charge is -2.32. The minimum atomic E-state index is -4.63. The fraction of sp³-hybridized carbons (Fsp3) is 0.444. The number of carbonyl (C=O) groups excluding carboxylic acids is 2. The summed E-state index contributed by atoms with van der Waals surface area (Å²) in [7, 11) is 0. The van der Waals surface area contributed by atoms with Crippen LogP contribution in [0.3, 0.4) is 0 Å². The topological polar surface area (TPSA) is 67.4 Å². The second-order valence-corrected chi connectivity index (χ2v) is 6.55. The van der Waals surface area contributed by atoms with Crippen molar-refractivity contribution in [2.45, 2.75) is 46.0 Å². The van der Waals surface area contributed by atoms with Gasteiger partial charge in [0.05, 0.1) is 23.3 Å². The van der Waals surface area contributed by atoms with Gasteiger partial charge in [0.15, 0.2) is 0 Å². The van der Waals surface area contributed by atoms with Crippen molar-refractivity contribution in [1.82, 2.24) is 10.6 Å². The Morgan fingerprint density at radius 2 is 1.77 bits per heavy atom. The number of nitrogens with one attached hydrogen (secondary N) is 2. The summed E-state index contributed by atoms with van der Waals surface area (Å²) >= 11 is 0. The molecular formula is C18H21F3N2O3. The molecule has 1 aliphatic rings. The van der Waals surface area contributed by atoms with Crippen LogP contribution in [0.4, 0.5) is 18.0 Å². The predicted molar refractivity (Wildman–Crippen MR) is 88.9 cm³/mol. The Hall–Kier alpha value is -2.51. The van der Waals surface area contributed by atoms with Gasteiger partial charge in [-0.3, -0.25) is 0 Å². The Labute approximate surface area is 149 Å². The summed E-state index contributed by atoms with van der Waals surface area (Å²) in [5.74, 6) is -1.06. The summed E-state index contributed by atoms with van der Waals surface area (Å²) in [6.45, 7) is 6.74. The van der Waals surface area contributed by atoms with Crippen LogP contribution < -0.4 is 10.6 Å². The van der Waals surface area contributed by atoms with E-state index in [2.05, 4.69) is 10.6 Å². The van der Waals surface area contributed by atoms with Crippen LogP contribution in [0.15, 0.2) is 35.5 Å². The number of benzene rings is 1. The Morgan fingerprint density at radius 3 is 2.31 bits per heavy atom. The highest BCUT2D eigenvalue weighted by Gasteiger charge is 2.41. The van der Waals surface area contributed by atoms with E-state index < -0.39 is 35.9 Å². The largest absolute Gasteiger partial charge is 0.459 e. The monoisotopic (exact) mass is 370 g/mol. The van der Waals surface area contributed by atoms with E-state index in [1.54, 1.807) is 27.7 Å². The number of esters is 1. The van der Waals surface area contributed by atoms with E-state index in [-0.39, 0.29) is 22.8 Å². The molecule has 0 saturated carbocycles. The highest BCUT2D eigenvalue weighted by Crippen LogP contribution is 2.39. The summed E-state index contributed by atoms with van der Waals surface area (Å²) in [5.41, 5.74) is -0.889. The van der Waals surface area contributed by atoms with Gasteiger partial charge >= 0.3 is 18.2 Å². The van der Waals surface area contributed by atoms with Crippen molar-refractivity contribution in [2.24, 2.45) is 5.92 Å². The molecule has 1 aromatic rings. The Bertz CT molecular complexity index is 739. The zero-order valence-electron chi connectivity index (χ0n) is 14.9. The van der Waals surface area contributed by atoms with Crippen LogP contribution in [-0.2, 0) is 15.7 Å². The van der Waals surface area contributed by atoms with Gasteiger partial charge in [0, 0.05) is 5.70 Å². The molecule has 0 saturated heterocycles. The number of rotatable bonds is 4. The van der Waals surface area contributed by atoms with Gasteiger partial charge in [-0.05, 0) is 31.4 Å². The SMILES string of the molecule is CC(C)OC(=O)C1=C(C(C)C)NC(=O)NC1c1ccccc1C(F)(F)F.